The van der Waals surface area contributed by atoms with Gasteiger partial charge in [-0.15, -0.1) is 0 Å². The van der Waals surface area contributed by atoms with E-state index in [0.29, 0.717) is 0 Å². The minimum Gasteiger partial charge on any atom is -0.487 e. The number of hydrogen-bond donors (Lipinski definition) is 0. The molecule has 0 radical (unpaired) electrons. The summed E-state index contributed by atoms with van der Waals surface area (Å²) in [4.78, 5) is 21.5. The number of nitrogens with zero attached hydrogens (tertiary/aromatic N) is 1. The van der Waals surface area contributed by atoms with Crippen molar-refractivity contribution in [2.45, 2.75) is 13.8 Å². The molecule has 16 heavy (non-hydrogen) atoms. The van der Waals surface area contributed by atoms with Crippen molar-refractivity contribution in [2.75, 3.05) is 6.61 Å². The molecule has 0 spiro atoms. The first-order valence-electron chi connectivity index (χ1n) is 4.59. The molecule has 1 aromatic carbocycles. The lowest BCUT2D eigenvalue weighted by Gasteiger charge is -2.09. The Morgan fingerprint density at radius 3 is 2.62 bits per heavy atom. The fourth-order valence-electron chi connectivity index (χ4n) is 1.31. The quantitative estimate of drug-likeness (QED) is 0.463. The molecule has 5 nitrogen and oxygen atoms in total. The third-order valence-corrected chi connectivity index (χ3v) is 2.24. The van der Waals surface area contributed by atoms with Gasteiger partial charge in [0.15, 0.2) is 5.78 Å². The maximum absolute atomic E-state index is 11.3. The van der Waals surface area contributed by atoms with Gasteiger partial charge in [0.25, 0.3) is 0 Å². The van der Waals surface area contributed by atoms with Crippen LogP contribution in [0.3, 0.4) is 0 Å². The van der Waals surface area contributed by atoms with Gasteiger partial charge in [0.2, 0.25) is 5.75 Å². The van der Waals surface area contributed by atoms with Gasteiger partial charge in [-0.2, -0.15) is 0 Å². The molecular weight excluding hydrogens is 234 g/mol. The first kappa shape index (κ1) is 12.4. The zero-order valence-electron chi connectivity index (χ0n) is 8.82. The van der Waals surface area contributed by atoms with Crippen LogP contribution in [-0.4, -0.2) is 17.3 Å². The highest BCUT2D eigenvalue weighted by Crippen LogP contribution is 2.36. The zero-order valence-corrected chi connectivity index (χ0v) is 9.58. The molecule has 0 aromatic heterocycles. The van der Waals surface area contributed by atoms with Gasteiger partial charge in [0.05, 0.1) is 22.1 Å². The molecule has 0 aliphatic carbocycles. The summed E-state index contributed by atoms with van der Waals surface area (Å²) in [6.45, 7) is 3.18. The second-order valence-electron chi connectivity index (χ2n) is 3.02. The molecule has 0 aliphatic heterocycles. The Morgan fingerprint density at radius 1 is 1.56 bits per heavy atom. The van der Waals surface area contributed by atoms with Crippen LogP contribution >= 0.6 is 11.6 Å². The average molecular weight is 244 g/mol. The highest BCUT2D eigenvalue weighted by atomic mass is 35.5. The molecule has 6 heteroatoms. The summed E-state index contributed by atoms with van der Waals surface area (Å²) >= 11 is 5.81. The summed E-state index contributed by atoms with van der Waals surface area (Å²) in [6, 6.07) is 2.54. The van der Waals surface area contributed by atoms with Crippen LogP contribution in [0.2, 0.25) is 5.02 Å². The van der Waals surface area contributed by atoms with Crippen molar-refractivity contribution >= 4 is 23.1 Å². The number of nitro benzene ring substituents is 1. The molecule has 0 bridgehead atoms. The summed E-state index contributed by atoms with van der Waals surface area (Å²) in [5.74, 6) is -0.426. The Kier molecular flexibility index (Phi) is 3.84. The van der Waals surface area contributed by atoms with Gasteiger partial charge < -0.3 is 4.74 Å². The first-order valence-corrected chi connectivity index (χ1v) is 4.97. The maximum Gasteiger partial charge on any atom is 0.311 e. The molecule has 0 aliphatic rings. The molecule has 0 fully saturated rings. The average Bonchev–Trinajstić information content (AvgIpc) is 2.17. The third kappa shape index (κ3) is 2.30. The molecule has 86 valence electrons. The lowest BCUT2D eigenvalue weighted by atomic mass is 10.1. The largest absolute Gasteiger partial charge is 0.487 e. The molecule has 0 saturated heterocycles. The number of halogens is 1. The predicted octanol–water partition coefficient (Wildman–Crippen LogP) is 2.85. The number of rotatable bonds is 4. The van der Waals surface area contributed by atoms with Crippen molar-refractivity contribution in [1.82, 2.24) is 0 Å². The van der Waals surface area contributed by atoms with Crippen LogP contribution < -0.4 is 4.74 Å². The van der Waals surface area contributed by atoms with Gasteiger partial charge in [-0.05, 0) is 19.9 Å². The van der Waals surface area contributed by atoms with Gasteiger partial charge >= 0.3 is 5.69 Å². The maximum atomic E-state index is 11.3. The molecular formula is C10H10ClNO4. The van der Waals surface area contributed by atoms with Crippen molar-refractivity contribution < 1.29 is 14.5 Å². The van der Waals surface area contributed by atoms with Crippen LogP contribution in [0.25, 0.3) is 0 Å². The number of carbonyl (C=O) groups is 1. The minimum atomic E-state index is -0.603. The van der Waals surface area contributed by atoms with Crippen LogP contribution in [0.15, 0.2) is 12.1 Å². The molecule has 0 saturated carbocycles. The lowest BCUT2D eigenvalue weighted by molar-refractivity contribution is -0.385. The first-order chi connectivity index (χ1) is 7.49. The zero-order chi connectivity index (χ0) is 12.3. The Hall–Kier alpha value is -1.62. The molecule has 0 heterocycles. The summed E-state index contributed by atoms with van der Waals surface area (Å²) in [5, 5.41) is 10.9. The van der Waals surface area contributed by atoms with Crippen molar-refractivity contribution in [3.8, 4) is 5.75 Å². The second-order valence-corrected chi connectivity index (χ2v) is 3.42. The summed E-state index contributed by atoms with van der Waals surface area (Å²) < 4.78 is 5.12. The summed E-state index contributed by atoms with van der Waals surface area (Å²) in [7, 11) is 0. The molecule has 0 N–H and O–H groups in total. The van der Waals surface area contributed by atoms with Crippen molar-refractivity contribution in [2.24, 2.45) is 0 Å². The standard InChI is InChI=1S/C10H10ClNO4/c1-3-16-10-8(12(14)15)5-4-7(11)9(10)6(2)13/h4-5H,3H2,1-2H3. The lowest BCUT2D eigenvalue weighted by Crippen LogP contribution is -2.05. The number of nitro groups is 1. The fraction of sp³-hybridized carbons (Fsp3) is 0.300. The Bertz CT molecular complexity index is 445. The van der Waals surface area contributed by atoms with E-state index in [-0.39, 0.29) is 34.4 Å². The van der Waals surface area contributed by atoms with Gasteiger partial charge in [0.1, 0.15) is 0 Å². The number of Topliss-reactive ketones (excluding diaryl/α,β-unsaturated/α-hetero) is 1. The van der Waals surface area contributed by atoms with Crippen molar-refractivity contribution in [3.05, 3.63) is 32.8 Å². The predicted molar refractivity (Wildman–Crippen MR) is 59.3 cm³/mol. The Labute approximate surface area is 97.1 Å². The van der Waals surface area contributed by atoms with E-state index in [2.05, 4.69) is 0 Å². The number of ketones is 1. The van der Waals surface area contributed by atoms with E-state index in [1.54, 1.807) is 6.92 Å². The van der Waals surface area contributed by atoms with Gasteiger partial charge in [0, 0.05) is 6.07 Å². The van der Waals surface area contributed by atoms with Crippen LogP contribution in [0.5, 0.6) is 5.75 Å². The summed E-state index contributed by atoms with van der Waals surface area (Å²) in [5.41, 5.74) is -0.200. The molecule has 1 aromatic rings. The number of ether oxygens (including phenoxy) is 1. The minimum absolute atomic E-state index is 0.0534. The smallest absolute Gasteiger partial charge is 0.311 e. The van der Waals surface area contributed by atoms with Gasteiger partial charge in [-0.3, -0.25) is 14.9 Å². The molecule has 1 rings (SSSR count). The van der Waals surface area contributed by atoms with Crippen LogP contribution in [0.1, 0.15) is 24.2 Å². The van der Waals surface area contributed by atoms with Gasteiger partial charge in [-0.1, -0.05) is 11.6 Å². The fourth-order valence-corrected chi connectivity index (χ4v) is 1.59. The van der Waals surface area contributed by atoms with E-state index in [9.17, 15) is 14.9 Å². The highest BCUT2D eigenvalue weighted by Gasteiger charge is 2.24. The SMILES string of the molecule is CCOc1c([N+](=O)[O-])ccc(Cl)c1C(C)=O. The Balaban J connectivity index is 3.49. The van der Waals surface area contributed by atoms with E-state index in [0.717, 1.165) is 0 Å². The van der Waals surface area contributed by atoms with Crippen molar-refractivity contribution in [1.29, 1.82) is 0 Å². The van der Waals surface area contributed by atoms with Gasteiger partial charge in [-0.25, -0.2) is 0 Å². The summed E-state index contributed by atoms with van der Waals surface area (Å²) in [6.07, 6.45) is 0. The molecule has 0 amide bonds. The second kappa shape index (κ2) is 4.94. The van der Waals surface area contributed by atoms with E-state index >= 15 is 0 Å². The van der Waals surface area contributed by atoms with Crippen LogP contribution in [0, 0.1) is 10.1 Å². The normalized spacial score (nSPS) is 9.94. The monoisotopic (exact) mass is 243 g/mol. The third-order valence-electron chi connectivity index (χ3n) is 1.92. The molecule has 0 atom stereocenters. The highest BCUT2D eigenvalue weighted by molar-refractivity contribution is 6.34. The number of benzene rings is 1. The van der Waals surface area contributed by atoms with Crippen molar-refractivity contribution in [3.63, 3.8) is 0 Å². The Morgan fingerprint density at radius 2 is 2.19 bits per heavy atom. The van der Waals surface area contributed by atoms with E-state index in [4.69, 9.17) is 16.3 Å². The van der Waals surface area contributed by atoms with Crippen LogP contribution in [0.4, 0.5) is 5.69 Å². The number of carbonyl (C=O) groups excluding carboxylic acids is 1. The van der Waals surface area contributed by atoms with E-state index in [1.165, 1.54) is 19.1 Å². The van der Waals surface area contributed by atoms with E-state index < -0.39 is 4.92 Å². The topological polar surface area (TPSA) is 69.4 Å². The molecule has 0 unspecified atom stereocenters. The number of hydrogen-bond acceptors (Lipinski definition) is 4. The van der Waals surface area contributed by atoms with E-state index in [1.807, 2.05) is 0 Å². The van der Waals surface area contributed by atoms with Crippen LogP contribution in [-0.2, 0) is 0 Å².